The van der Waals surface area contributed by atoms with Gasteiger partial charge in [-0.25, -0.2) is 13.4 Å². The second-order valence-corrected chi connectivity index (χ2v) is 8.75. The van der Waals surface area contributed by atoms with Crippen LogP contribution in [0.15, 0.2) is 42.6 Å². The zero-order valence-electron chi connectivity index (χ0n) is 15.0. The van der Waals surface area contributed by atoms with E-state index in [0.29, 0.717) is 24.2 Å². The average molecular weight is 373 g/mol. The van der Waals surface area contributed by atoms with Crippen LogP contribution in [0.1, 0.15) is 29.3 Å². The molecule has 2 aromatic rings. The molecule has 7 heteroatoms. The molecule has 1 fully saturated rings. The first-order valence-electron chi connectivity index (χ1n) is 8.69. The van der Waals surface area contributed by atoms with E-state index in [0.717, 1.165) is 11.4 Å². The minimum atomic E-state index is -2.94. The Balaban J connectivity index is 1.72. The van der Waals surface area contributed by atoms with Crippen molar-refractivity contribution in [2.75, 3.05) is 28.3 Å². The Morgan fingerprint density at radius 2 is 2.04 bits per heavy atom. The third-order valence-electron chi connectivity index (χ3n) is 4.68. The molecule has 0 saturated carbocycles. The molecule has 0 radical (unpaired) electrons. The summed E-state index contributed by atoms with van der Waals surface area (Å²) in [6, 6.07) is 11.0. The van der Waals surface area contributed by atoms with Crippen LogP contribution < -0.4 is 10.2 Å². The van der Waals surface area contributed by atoms with Crippen LogP contribution in [0.4, 0.5) is 11.5 Å². The first-order chi connectivity index (χ1) is 12.4. The van der Waals surface area contributed by atoms with E-state index >= 15 is 0 Å². The number of rotatable bonds is 5. The zero-order valence-corrected chi connectivity index (χ0v) is 15.8. The lowest BCUT2D eigenvalue weighted by molar-refractivity contribution is 0.102. The number of hydrogen-bond donors (Lipinski definition) is 1. The van der Waals surface area contributed by atoms with E-state index < -0.39 is 9.84 Å². The Hall–Kier alpha value is -2.41. The molecule has 1 atom stereocenters. The van der Waals surface area contributed by atoms with Crippen LogP contribution in [-0.2, 0) is 9.84 Å². The second kappa shape index (κ2) is 7.45. The van der Waals surface area contributed by atoms with Gasteiger partial charge in [-0.2, -0.15) is 0 Å². The first-order valence-corrected chi connectivity index (χ1v) is 10.5. The lowest BCUT2D eigenvalue weighted by Crippen LogP contribution is -2.36. The third-order valence-corrected chi connectivity index (χ3v) is 6.43. The molecular formula is C19H23N3O3S. The predicted octanol–water partition coefficient (Wildman–Crippen LogP) is 2.66. The summed E-state index contributed by atoms with van der Waals surface area (Å²) in [7, 11) is -2.94. The molecule has 1 N–H and O–H groups in total. The number of anilines is 2. The van der Waals surface area contributed by atoms with Crippen LogP contribution in [0, 0.1) is 6.92 Å². The number of carbonyl (C=O) groups is 1. The Labute approximate surface area is 154 Å². The normalized spacial score (nSPS) is 18.5. The lowest BCUT2D eigenvalue weighted by atomic mass is 10.1. The molecule has 0 spiro atoms. The number of amides is 1. The predicted molar refractivity (Wildman–Crippen MR) is 103 cm³/mol. The van der Waals surface area contributed by atoms with Crippen LogP contribution >= 0.6 is 0 Å². The van der Waals surface area contributed by atoms with Crippen molar-refractivity contribution in [3.63, 3.8) is 0 Å². The van der Waals surface area contributed by atoms with E-state index in [1.807, 2.05) is 43.0 Å². The molecule has 0 bridgehead atoms. The van der Waals surface area contributed by atoms with Crippen molar-refractivity contribution in [1.82, 2.24) is 4.98 Å². The molecule has 1 saturated heterocycles. The van der Waals surface area contributed by atoms with E-state index in [1.54, 1.807) is 18.3 Å². The molecule has 138 valence electrons. The number of pyridine rings is 1. The highest BCUT2D eigenvalue weighted by atomic mass is 32.2. The molecule has 0 aliphatic carbocycles. The maximum absolute atomic E-state index is 12.4. The minimum Gasteiger partial charge on any atom is -0.353 e. The van der Waals surface area contributed by atoms with Gasteiger partial charge < -0.3 is 10.2 Å². The molecule has 1 unspecified atom stereocenters. The fourth-order valence-electron chi connectivity index (χ4n) is 3.28. The van der Waals surface area contributed by atoms with Gasteiger partial charge in [-0.15, -0.1) is 0 Å². The molecule has 26 heavy (non-hydrogen) atoms. The molecule has 2 heterocycles. The van der Waals surface area contributed by atoms with E-state index in [2.05, 4.69) is 10.3 Å². The summed E-state index contributed by atoms with van der Waals surface area (Å²) < 4.78 is 23.5. The number of nitrogens with one attached hydrogen (secondary N) is 1. The van der Waals surface area contributed by atoms with E-state index in [-0.39, 0.29) is 23.5 Å². The van der Waals surface area contributed by atoms with Gasteiger partial charge in [-0.05, 0) is 44.0 Å². The fourth-order valence-corrected chi connectivity index (χ4v) is 5.02. The largest absolute Gasteiger partial charge is 0.353 e. The number of carbonyl (C=O) groups excluding carboxylic acids is 1. The third kappa shape index (κ3) is 4.04. The van der Waals surface area contributed by atoms with Crippen molar-refractivity contribution in [2.24, 2.45) is 0 Å². The quantitative estimate of drug-likeness (QED) is 0.872. The summed E-state index contributed by atoms with van der Waals surface area (Å²) in [4.78, 5) is 18.8. The summed E-state index contributed by atoms with van der Waals surface area (Å²) in [5, 5.41) is 2.85. The molecule has 1 aromatic carbocycles. The molecule has 1 aliphatic rings. The number of hydrogen-bond acceptors (Lipinski definition) is 5. The summed E-state index contributed by atoms with van der Waals surface area (Å²) in [5.41, 5.74) is 2.15. The van der Waals surface area contributed by atoms with Gasteiger partial charge in [-0.1, -0.05) is 18.2 Å². The molecule has 1 aromatic heterocycles. The molecule has 3 rings (SSSR count). The van der Waals surface area contributed by atoms with Crippen molar-refractivity contribution >= 4 is 27.2 Å². The molecular weight excluding hydrogens is 350 g/mol. The van der Waals surface area contributed by atoms with Gasteiger partial charge in [0.05, 0.1) is 23.4 Å². The number of aryl methyl sites for hydroxylation is 1. The van der Waals surface area contributed by atoms with Gasteiger partial charge in [-0.3, -0.25) is 4.79 Å². The Bertz CT molecular complexity index is 895. The van der Waals surface area contributed by atoms with Crippen molar-refractivity contribution in [1.29, 1.82) is 0 Å². The number of sulfone groups is 1. The monoisotopic (exact) mass is 373 g/mol. The summed E-state index contributed by atoms with van der Waals surface area (Å²) in [5.74, 6) is 0.961. The number of nitrogens with zero attached hydrogens (tertiary/aromatic N) is 2. The Morgan fingerprint density at radius 3 is 2.62 bits per heavy atom. The zero-order chi connectivity index (χ0) is 18.7. The summed E-state index contributed by atoms with van der Waals surface area (Å²) >= 11 is 0. The van der Waals surface area contributed by atoms with Crippen molar-refractivity contribution in [2.45, 2.75) is 26.3 Å². The second-order valence-electron chi connectivity index (χ2n) is 6.52. The molecule has 1 amide bonds. The Morgan fingerprint density at radius 1 is 1.27 bits per heavy atom. The van der Waals surface area contributed by atoms with E-state index in [4.69, 9.17) is 0 Å². The minimum absolute atomic E-state index is 0.0371. The van der Waals surface area contributed by atoms with Gasteiger partial charge in [0.2, 0.25) is 0 Å². The van der Waals surface area contributed by atoms with Crippen LogP contribution in [-0.4, -0.2) is 43.4 Å². The molecule has 1 aliphatic heterocycles. The maximum atomic E-state index is 12.4. The highest BCUT2D eigenvalue weighted by Gasteiger charge is 2.32. The highest BCUT2D eigenvalue weighted by Crippen LogP contribution is 2.23. The standard InChI is InChI=1S/C19H23N3O3S/c1-3-22(16-10-11-26(24,25)13-16)18-9-8-15(12-20-18)21-19(23)17-7-5-4-6-14(17)2/h4-9,12,16H,3,10-11,13H2,1-2H3,(H,21,23). The van der Waals surface area contributed by atoms with Crippen LogP contribution in [0.2, 0.25) is 0 Å². The highest BCUT2D eigenvalue weighted by molar-refractivity contribution is 7.91. The molecule has 6 nitrogen and oxygen atoms in total. The van der Waals surface area contributed by atoms with E-state index in [1.165, 1.54) is 0 Å². The summed E-state index contributed by atoms with van der Waals surface area (Å²) in [6.07, 6.45) is 2.24. The van der Waals surface area contributed by atoms with Crippen molar-refractivity contribution in [3.8, 4) is 0 Å². The van der Waals surface area contributed by atoms with Crippen molar-refractivity contribution in [3.05, 3.63) is 53.7 Å². The van der Waals surface area contributed by atoms with Gasteiger partial charge >= 0.3 is 0 Å². The van der Waals surface area contributed by atoms with Gasteiger partial charge in [0.1, 0.15) is 5.82 Å². The van der Waals surface area contributed by atoms with Crippen LogP contribution in [0.5, 0.6) is 0 Å². The fraction of sp³-hybridized carbons (Fsp3) is 0.368. The summed E-state index contributed by atoms with van der Waals surface area (Å²) in [6.45, 7) is 4.56. The van der Waals surface area contributed by atoms with Crippen molar-refractivity contribution < 1.29 is 13.2 Å². The number of aromatic nitrogens is 1. The van der Waals surface area contributed by atoms with Gasteiger partial charge in [0, 0.05) is 18.2 Å². The Kier molecular flexibility index (Phi) is 5.27. The topological polar surface area (TPSA) is 79.4 Å². The van der Waals surface area contributed by atoms with Crippen LogP contribution in [0.3, 0.4) is 0 Å². The first kappa shape index (κ1) is 18.4. The van der Waals surface area contributed by atoms with Gasteiger partial charge in [0.25, 0.3) is 5.91 Å². The van der Waals surface area contributed by atoms with Gasteiger partial charge in [0.15, 0.2) is 9.84 Å². The number of benzene rings is 1. The van der Waals surface area contributed by atoms with Crippen LogP contribution in [0.25, 0.3) is 0 Å². The smallest absolute Gasteiger partial charge is 0.255 e. The van der Waals surface area contributed by atoms with E-state index in [9.17, 15) is 13.2 Å². The SMILES string of the molecule is CCN(c1ccc(NC(=O)c2ccccc2C)cn1)C1CCS(=O)(=O)C1. The average Bonchev–Trinajstić information content (AvgIpc) is 2.97. The maximum Gasteiger partial charge on any atom is 0.255 e. The lowest BCUT2D eigenvalue weighted by Gasteiger charge is -2.28.